The topological polar surface area (TPSA) is 61.4 Å². The van der Waals surface area contributed by atoms with Gasteiger partial charge < -0.3 is 15.5 Å². The average molecular weight is 394 g/mol. The molecule has 5 heteroatoms. The maximum Gasteiger partial charge on any atom is 0.239 e. The molecule has 5 nitrogen and oxygen atoms in total. The van der Waals surface area contributed by atoms with Gasteiger partial charge in [-0.25, -0.2) is 0 Å². The van der Waals surface area contributed by atoms with Crippen molar-refractivity contribution in [1.29, 1.82) is 0 Å². The van der Waals surface area contributed by atoms with Gasteiger partial charge in [0.15, 0.2) is 5.78 Å². The van der Waals surface area contributed by atoms with Gasteiger partial charge in [-0.15, -0.1) is 0 Å². The van der Waals surface area contributed by atoms with Crippen molar-refractivity contribution >= 4 is 23.1 Å². The van der Waals surface area contributed by atoms with Crippen LogP contribution in [0, 0.1) is 11.3 Å². The molecule has 0 unspecified atom stereocenters. The number of Topliss-reactive ketones (excluding diaryl/α,β-unsaturated/α-hetero) is 1. The molecule has 1 heterocycles. The lowest BCUT2D eigenvalue weighted by atomic mass is 9.71. The number of fused-ring (bicyclic) bond motifs is 1. The first-order chi connectivity index (χ1) is 13.9. The van der Waals surface area contributed by atoms with E-state index >= 15 is 0 Å². The van der Waals surface area contributed by atoms with Crippen molar-refractivity contribution < 1.29 is 9.59 Å². The average Bonchev–Trinajstić information content (AvgIpc) is 2.82. The number of hydrogen-bond donors (Lipinski definition) is 2. The highest BCUT2D eigenvalue weighted by atomic mass is 16.2. The summed E-state index contributed by atoms with van der Waals surface area (Å²) < 4.78 is 0. The van der Waals surface area contributed by atoms with Crippen LogP contribution in [-0.2, 0) is 9.59 Å². The molecule has 0 fully saturated rings. The van der Waals surface area contributed by atoms with Crippen LogP contribution in [0.25, 0.3) is 0 Å². The molecule has 2 N–H and O–H groups in total. The van der Waals surface area contributed by atoms with Crippen molar-refractivity contribution in [1.82, 2.24) is 5.32 Å². The standard InChI is InChI=1S/C24H31N3O2/c1-24(2)13-18-22(20(28)14-24)23(16-9-5-4-6-10-16)27(15-21(29)25-3)19-12-8-7-11-17(19)26-18/h4-5,7-8,11-12,16,23,26H,6,9-10,13-15H2,1-3H3,(H,25,29)/t16-,23+/m1/s1. The van der Waals surface area contributed by atoms with Gasteiger partial charge in [-0.2, -0.15) is 0 Å². The van der Waals surface area contributed by atoms with Crippen LogP contribution in [0.2, 0.25) is 0 Å². The number of carbonyl (C=O) groups is 2. The summed E-state index contributed by atoms with van der Waals surface area (Å²) in [7, 11) is 1.67. The fourth-order valence-corrected chi connectivity index (χ4v) is 5.10. The molecule has 1 aromatic rings. The Morgan fingerprint density at radius 1 is 1.24 bits per heavy atom. The van der Waals surface area contributed by atoms with Gasteiger partial charge in [0.05, 0.1) is 24.0 Å². The lowest BCUT2D eigenvalue weighted by Gasteiger charge is -2.41. The van der Waals surface area contributed by atoms with Crippen molar-refractivity contribution in [3.8, 4) is 0 Å². The van der Waals surface area contributed by atoms with E-state index in [4.69, 9.17) is 0 Å². The Hall–Kier alpha value is -2.56. The molecule has 0 bridgehead atoms. The fraction of sp³-hybridized carbons (Fsp3) is 0.500. The number of rotatable bonds is 3. The molecule has 2 aliphatic carbocycles. The summed E-state index contributed by atoms with van der Waals surface area (Å²) in [5, 5.41) is 6.37. The fourth-order valence-electron chi connectivity index (χ4n) is 5.10. The Morgan fingerprint density at radius 3 is 2.76 bits per heavy atom. The van der Waals surface area contributed by atoms with Gasteiger partial charge in [0.1, 0.15) is 0 Å². The van der Waals surface area contributed by atoms with Gasteiger partial charge in [-0.3, -0.25) is 9.59 Å². The quantitative estimate of drug-likeness (QED) is 0.761. The van der Waals surface area contributed by atoms with Gasteiger partial charge in [0.2, 0.25) is 5.91 Å². The van der Waals surface area contributed by atoms with Crippen LogP contribution in [0.5, 0.6) is 0 Å². The van der Waals surface area contributed by atoms with Crippen molar-refractivity contribution in [2.75, 3.05) is 23.8 Å². The minimum atomic E-state index is -0.0907. The first-order valence-electron chi connectivity index (χ1n) is 10.6. The van der Waals surface area contributed by atoms with E-state index in [0.717, 1.165) is 48.3 Å². The third kappa shape index (κ3) is 3.83. The summed E-state index contributed by atoms with van der Waals surface area (Å²) in [6.07, 6.45) is 8.83. The summed E-state index contributed by atoms with van der Waals surface area (Å²) in [5.41, 5.74) is 3.84. The summed E-state index contributed by atoms with van der Waals surface area (Å²) in [5.74, 6) is 0.495. The molecule has 3 aliphatic rings. The minimum Gasteiger partial charge on any atom is -0.358 e. The maximum atomic E-state index is 13.5. The smallest absolute Gasteiger partial charge is 0.239 e. The maximum absolute atomic E-state index is 13.5. The number of likely N-dealkylation sites (N-methyl/N-ethyl adjacent to an activating group) is 1. The second-order valence-corrected chi connectivity index (χ2v) is 9.27. The molecule has 0 saturated heterocycles. The summed E-state index contributed by atoms with van der Waals surface area (Å²) in [6.45, 7) is 4.56. The molecule has 4 rings (SSSR count). The molecule has 0 radical (unpaired) electrons. The number of para-hydroxylation sites is 2. The van der Waals surface area contributed by atoms with Crippen LogP contribution >= 0.6 is 0 Å². The normalized spacial score (nSPS) is 25.6. The molecule has 2 atom stereocenters. The van der Waals surface area contributed by atoms with Crippen LogP contribution in [0.15, 0.2) is 47.7 Å². The van der Waals surface area contributed by atoms with Crippen LogP contribution in [0.1, 0.15) is 46.0 Å². The van der Waals surface area contributed by atoms with Crippen LogP contribution < -0.4 is 15.5 Å². The first-order valence-corrected chi connectivity index (χ1v) is 10.6. The second kappa shape index (κ2) is 7.69. The van der Waals surface area contributed by atoms with Crippen molar-refractivity contribution in [2.24, 2.45) is 11.3 Å². The van der Waals surface area contributed by atoms with E-state index in [2.05, 4.69) is 47.6 Å². The van der Waals surface area contributed by atoms with Crippen LogP contribution in [0.4, 0.5) is 11.4 Å². The molecule has 29 heavy (non-hydrogen) atoms. The molecule has 154 valence electrons. The third-order valence-corrected chi connectivity index (χ3v) is 6.40. The highest BCUT2D eigenvalue weighted by Gasteiger charge is 2.43. The first kappa shape index (κ1) is 19.7. The van der Waals surface area contributed by atoms with Crippen LogP contribution in [-0.4, -0.2) is 31.3 Å². The summed E-state index contributed by atoms with van der Waals surface area (Å²) >= 11 is 0. The number of nitrogens with one attached hydrogen (secondary N) is 2. The van der Waals surface area contributed by atoms with E-state index in [1.54, 1.807) is 7.05 Å². The van der Waals surface area contributed by atoms with Gasteiger partial charge in [0, 0.05) is 24.7 Å². The number of amides is 1. The van der Waals surface area contributed by atoms with E-state index in [-0.39, 0.29) is 29.7 Å². The highest BCUT2D eigenvalue weighted by Crippen LogP contribution is 2.46. The van der Waals surface area contributed by atoms with Gasteiger partial charge in [-0.1, -0.05) is 38.1 Å². The second-order valence-electron chi connectivity index (χ2n) is 9.27. The molecule has 0 spiro atoms. The van der Waals surface area contributed by atoms with Gasteiger partial charge in [0.25, 0.3) is 0 Å². The third-order valence-electron chi connectivity index (χ3n) is 6.40. The lowest BCUT2D eigenvalue weighted by molar-refractivity contribution is -0.120. The SMILES string of the molecule is CNC(=O)CN1c2ccccc2NC2=C(C(=O)CC(C)(C)C2)[C@@H]1[C@@H]1CC=CCC1. The van der Waals surface area contributed by atoms with Gasteiger partial charge >= 0.3 is 0 Å². The zero-order chi connectivity index (χ0) is 20.6. The zero-order valence-electron chi connectivity index (χ0n) is 17.6. The Bertz CT molecular complexity index is 884. The van der Waals surface area contributed by atoms with Crippen LogP contribution in [0.3, 0.4) is 0 Å². The summed E-state index contributed by atoms with van der Waals surface area (Å²) in [6, 6.07) is 8.03. The number of nitrogens with zero attached hydrogens (tertiary/aromatic N) is 1. The molecule has 1 amide bonds. The number of hydrogen-bond acceptors (Lipinski definition) is 4. The number of ketones is 1. The number of anilines is 2. The Kier molecular flexibility index (Phi) is 5.24. The van der Waals surface area contributed by atoms with E-state index < -0.39 is 0 Å². The minimum absolute atomic E-state index is 0.0382. The molecule has 1 aliphatic heterocycles. The van der Waals surface area contributed by atoms with E-state index in [1.807, 2.05) is 18.2 Å². The number of benzene rings is 1. The Balaban J connectivity index is 1.89. The Morgan fingerprint density at radius 2 is 2.03 bits per heavy atom. The highest BCUT2D eigenvalue weighted by molar-refractivity contribution is 6.01. The largest absolute Gasteiger partial charge is 0.358 e. The molecule has 1 aromatic carbocycles. The molecule has 0 aromatic heterocycles. The number of allylic oxidation sites excluding steroid dienone is 3. The zero-order valence-corrected chi connectivity index (χ0v) is 17.6. The van der Waals surface area contributed by atoms with E-state index in [0.29, 0.717) is 12.3 Å². The van der Waals surface area contributed by atoms with Gasteiger partial charge in [-0.05, 0) is 49.1 Å². The lowest BCUT2D eigenvalue weighted by Crippen LogP contribution is -2.49. The predicted octanol–water partition coefficient (Wildman–Crippen LogP) is 4.03. The van der Waals surface area contributed by atoms with E-state index in [9.17, 15) is 9.59 Å². The van der Waals surface area contributed by atoms with E-state index in [1.165, 1.54) is 0 Å². The molecule has 0 saturated carbocycles. The molecular formula is C24H31N3O2. The Labute approximate surface area is 173 Å². The summed E-state index contributed by atoms with van der Waals surface area (Å²) in [4.78, 5) is 28.1. The predicted molar refractivity (Wildman–Crippen MR) is 117 cm³/mol. The van der Waals surface area contributed by atoms with Crippen molar-refractivity contribution in [3.63, 3.8) is 0 Å². The monoisotopic (exact) mass is 393 g/mol. The van der Waals surface area contributed by atoms with Crippen molar-refractivity contribution in [3.05, 3.63) is 47.7 Å². The van der Waals surface area contributed by atoms with Crippen molar-refractivity contribution in [2.45, 2.75) is 52.0 Å². The number of carbonyl (C=O) groups excluding carboxylic acids is 2. The molecular weight excluding hydrogens is 362 g/mol.